The fraction of sp³-hybridized carbons (Fsp3) is 0. The molecule has 0 aromatic heterocycles. The molecule has 0 bridgehead atoms. The predicted molar refractivity (Wildman–Crippen MR) is 2.06 cm³/mol. The molecule has 0 atom stereocenters. The van der Waals surface area contributed by atoms with Gasteiger partial charge in [-0.3, -0.25) is 0 Å². The summed E-state index contributed by atoms with van der Waals surface area (Å²) in [7, 11) is 0. The summed E-state index contributed by atoms with van der Waals surface area (Å²) >= 11 is 0. The van der Waals surface area contributed by atoms with Crippen LogP contribution in [0.5, 0.6) is 0 Å². The summed E-state index contributed by atoms with van der Waals surface area (Å²) in [6.07, 6.45) is 0. The van der Waals surface area contributed by atoms with Crippen LogP contribution in [0.15, 0.2) is 0 Å². The van der Waals surface area contributed by atoms with E-state index in [1.165, 1.54) is 0 Å². The van der Waals surface area contributed by atoms with Gasteiger partial charge in [-0.05, 0) is 0 Å². The van der Waals surface area contributed by atoms with Crippen LogP contribution in [0.4, 0.5) is 0 Å². The van der Waals surface area contributed by atoms with Crippen LogP contribution in [0.3, 0.4) is 0 Å². The van der Waals surface area contributed by atoms with E-state index in [0.29, 0.717) is 0 Å². The normalized spacial score (nSPS) is 0. The second-order valence-corrected chi connectivity index (χ2v) is 0. The van der Waals surface area contributed by atoms with Crippen LogP contribution in [0.2, 0.25) is 0 Å². The Morgan fingerprint density at radius 3 is 0.429 bits per heavy atom. The summed E-state index contributed by atoms with van der Waals surface area (Å²) in [4.78, 5) is 0. The third kappa shape index (κ3) is 44.4. The van der Waals surface area contributed by atoms with Crippen molar-refractivity contribution in [2.24, 2.45) is 0 Å². The Morgan fingerprint density at radius 1 is 0.429 bits per heavy atom. The molecule has 0 amide bonds. The first kappa shape index (κ1) is 79.2. The van der Waals surface area contributed by atoms with Crippen molar-refractivity contribution in [3.8, 4) is 0 Å². The molecule has 7 heavy (non-hydrogen) atoms. The van der Waals surface area contributed by atoms with E-state index >= 15 is 0 Å². The van der Waals surface area contributed by atoms with E-state index in [-0.39, 0.29) is 125 Å². The summed E-state index contributed by atoms with van der Waals surface area (Å²) in [5, 5.41) is 0. The van der Waals surface area contributed by atoms with Gasteiger partial charge in [-0.25, -0.2) is 0 Å². The Bertz CT molecular complexity index is 10.9. The van der Waals surface area contributed by atoms with E-state index in [1.54, 1.807) is 0 Å². The summed E-state index contributed by atoms with van der Waals surface area (Å²) in [5.74, 6) is 0. The minimum Gasteiger partial charge on any atom is -2.00 e. The van der Waals surface area contributed by atoms with Gasteiger partial charge in [-0.1, -0.05) is 0 Å². The van der Waals surface area contributed by atoms with E-state index < -0.39 is 0 Å². The zero-order valence-electron chi connectivity index (χ0n) is 2.51. The van der Waals surface area contributed by atoms with Crippen LogP contribution in [0.1, 0.15) is 0 Å². The van der Waals surface area contributed by atoms with E-state index in [9.17, 15) is 0 Å². The number of hydrogen-bond donors (Lipinski definition) is 0. The number of hydrogen-bond acceptors (Lipinski definition) is 0. The van der Waals surface area contributed by atoms with Gasteiger partial charge < -0.3 is 16.4 Å². The molecule has 7 heteroatoms. The van der Waals surface area contributed by atoms with Crippen molar-refractivity contribution in [2.75, 3.05) is 0 Å². The molecule has 0 saturated carbocycles. The Kier molecular flexibility index (Phi) is 647. The van der Waals surface area contributed by atoms with Crippen LogP contribution >= 0.6 is 0 Å². The zero-order valence-corrected chi connectivity index (χ0v) is 8.42. The second kappa shape index (κ2) is 57.2. The minimum absolute atomic E-state index is 0. The Balaban J connectivity index is 0. The second-order valence-electron chi connectivity index (χ2n) is 0. The predicted octanol–water partition coefficient (Wildman–Crippen LogP) is -0.361. The van der Waals surface area contributed by atoms with Crippen LogP contribution in [0, 0.1) is 74.6 Å². The zero-order chi connectivity index (χ0) is 0. The Hall–Kier alpha value is 3.41. The Labute approximate surface area is 122 Å². The quantitative estimate of drug-likeness (QED) is 0.413. The number of rotatable bonds is 0. The summed E-state index contributed by atoms with van der Waals surface area (Å²) < 4.78 is 0. The standard InChI is InChI=1S/2Er.2Fe.3O/q2*+3;;;3*-2. The monoisotopic (exact) mass is 492 g/mol. The van der Waals surface area contributed by atoms with Gasteiger partial charge in [0.15, 0.2) is 0 Å². The molecule has 3 nitrogen and oxygen atoms in total. The van der Waals surface area contributed by atoms with Gasteiger partial charge in [0.05, 0.1) is 0 Å². The third-order valence-corrected chi connectivity index (χ3v) is 0. The molecule has 0 fully saturated rings. The molecule has 0 unspecified atom stereocenters. The van der Waals surface area contributed by atoms with Crippen molar-refractivity contribution in [1.29, 1.82) is 0 Å². The van der Waals surface area contributed by atoms with Crippen LogP contribution in [-0.4, -0.2) is 0 Å². The molecule has 0 aliphatic carbocycles. The van der Waals surface area contributed by atoms with Crippen molar-refractivity contribution < 1.29 is 125 Å². The van der Waals surface area contributed by atoms with Gasteiger partial charge in [0.2, 0.25) is 0 Å². The first-order chi connectivity index (χ1) is 0. The van der Waals surface area contributed by atoms with Crippen molar-refractivity contribution in [3.63, 3.8) is 0 Å². The molecule has 0 aliphatic heterocycles. The maximum atomic E-state index is 0. The molecule has 0 rings (SSSR count). The summed E-state index contributed by atoms with van der Waals surface area (Å²) in [5.41, 5.74) is 0. The van der Waals surface area contributed by atoms with E-state index in [2.05, 4.69) is 0 Å². The molecule has 0 aromatic rings. The van der Waals surface area contributed by atoms with Gasteiger partial charge in [-0.2, -0.15) is 0 Å². The van der Waals surface area contributed by atoms with Gasteiger partial charge >= 0.3 is 74.6 Å². The van der Waals surface area contributed by atoms with Crippen molar-refractivity contribution in [3.05, 3.63) is 0 Å². The SMILES string of the molecule is [Er+3].[Er+3].[Fe].[Fe].[O-2].[O-2].[O-2]. The molecule has 2 radical (unpaired) electrons. The third-order valence-electron chi connectivity index (χ3n) is 0. The molecule has 0 spiro atoms. The van der Waals surface area contributed by atoms with E-state index in [1.807, 2.05) is 0 Å². The average molecular weight is 494 g/mol. The maximum Gasteiger partial charge on any atom is 3.00 e. The van der Waals surface area contributed by atoms with Gasteiger partial charge in [0.1, 0.15) is 0 Å². The van der Waals surface area contributed by atoms with Crippen LogP contribution < -0.4 is 0 Å². The molecular weight excluding hydrogens is 494 g/mol. The van der Waals surface area contributed by atoms with E-state index in [4.69, 9.17) is 0 Å². The smallest absolute Gasteiger partial charge is 2.00 e. The average Bonchev–Trinajstić information content (AvgIpc) is 0. The van der Waals surface area contributed by atoms with Crippen molar-refractivity contribution >= 4 is 0 Å². The first-order valence-electron chi connectivity index (χ1n) is 0. The topological polar surface area (TPSA) is 85.5 Å². The fourth-order valence-corrected chi connectivity index (χ4v) is 0. The summed E-state index contributed by atoms with van der Waals surface area (Å²) in [6, 6.07) is 0. The fourth-order valence-electron chi connectivity index (χ4n) is 0. The van der Waals surface area contributed by atoms with Crippen LogP contribution in [0.25, 0.3) is 0 Å². The molecule has 58 valence electrons. The van der Waals surface area contributed by atoms with Gasteiger partial charge in [0.25, 0.3) is 0 Å². The Morgan fingerprint density at radius 2 is 0.429 bits per heavy atom. The molecular formula is Er2Fe2O3. The maximum absolute atomic E-state index is 0. The molecule has 0 N–H and O–H groups in total. The van der Waals surface area contributed by atoms with Gasteiger partial charge in [-0.15, -0.1) is 0 Å². The van der Waals surface area contributed by atoms with Crippen molar-refractivity contribution in [1.82, 2.24) is 0 Å². The largest absolute Gasteiger partial charge is 3.00 e. The van der Waals surface area contributed by atoms with Crippen molar-refractivity contribution in [2.45, 2.75) is 0 Å². The molecule has 0 aromatic carbocycles. The summed E-state index contributed by atoms with van der Waals surface area (Å²) in [6.45, 7) is 0. The molecule has 0 saturated heterocycles. The first-order valence-corrected chi connectivity index (χ1v) is 0. The molecule has 0 heterocycles. The molecule has 0 aliphatic rings. The minimum atomic E-state index is 0. The van der Waals surface area contributed by atoms with Gasteiger partial charge in [0, 0.05) is 34.1 Å². The van der Waals surface area contributed by atoms with E-state index in [0.717, 1.165) is 0 Å². The van der Waals surface area contributed by atoms with Crippen LogP contribution in [-0.2, 0) is 50.6 Å².